The minimum absolute atomic E-state index is 0.165. The highest BCUT2D eigenvalue weighted by Crippen LogP contribution is 2.29. The molecular formula is C15H17FN2O3. The number of nitrogens with one attached hydrogen (secondary N) is 1. The van der Waals surface area contributed by atoms with E-state index in [1.54, 1.807) is 6.07 Å². The highest BCUT2D eigenvalue weighted by atomic mass is 19.1. The number of ether oxygens (including phenoxy) is 1. The van der Waals surface area contributed by atoms with Crippen molar-refractivity contribution in [3.63, 3.8) is 0 Å². The fraction of sp³-hybridized carbons (Fsp3) is 0.467. The molecule has 0 aliphatic carbocycles. The molecule has 0 radical (unpaired) electrons. The van der Waals surface area contributed by atoms with E-state index in [0.717, 1.165) is 5.56 Å². The van der Waals surface area contributed by atoms with Gasteiger partial charge in [-0.05, 0) is 24.6 Å². The number of piperazine rings is 1. The monoisotopic (exact) mass is 292 g/mol. The van der Waals surface area contributed by atoms with E-state index in [1.807, 2.05) is 6.92 Å². The second-order valence-electron chi connectivity index (χ2n) is 5.38. The second-order valence-corrected chi connectivity index (χ2v) is 5.38. The smallest absolute Gasteiger partial charge is 0.246 e. The van der Waals surface area contributed by atoms with E-state index in [0.29, 0.717) is 18.6 Å². The standard InChI is InChI=1S/C15H17FN2O3/c1-2-12-15(20)18(14(19)7-17-12)8-11-6-9-5-10(16)3-4-13(9)21-11/h3-5,11-12,17H,2,6-8H2,1H3. The van der Waals surface area contributed by atoms with Gasteiger partial charge in [0.25, 0.3) is 0 Å². The van der Waals surface area contributed by atoms with Crippen molar-refractivity contribution in [3.05, 3.63) is 29.6 Å². The predicted molar refractivity (Wildman–Crippen MR) is 73.3 cm³/mol. The predicted octanol–water partition coefficient (Wildman–Crippen LogP) is 0.866. The second kappa shape index (κ2) is 5.44. The minimum Gasteiger partial charge on any atom is -0.488 e. The molecule has 2 unspecified atom stereocenters. The van der Waals surface area contributed by atoms with E-state index in [9.17, 15) is 14.0 Å². The molecule has 3 rings (SSSR count). The quantitative estimate of drug-likeness (QED) is 0.840. The summed E-state index contributed by atoms with van der Waals surface area (Å²) in [5, 5.41) is 2.92. The van der Waals surface area contributed by atoms with Crippen LogP contribution in [0.1, 0.15) is 18.9 Å². The Hall–Kier alpha value is -1.95. The first-order chi connectivity index (χ1) is 10.1. The molecule has 21 heavy (non-hydrogen) atoms. The molecule has 5 nitrogen and oxygen atoms in total. The summed E-state index contributed by atoms with van der Waals surface area (Å²) in [6.07, 6.45) is 0.846. The van der Waals surface area contributed by atoms with Gasteiger partial charge in [-0.2, -0.15) is 0 Å². The van der Waals surface area contributed by atoms with Crippen molar-refractivity contribution in [2.45, 2.75) is 31.9 Å². The van der Waals surface area contributed by atoms with Gasteiger partial charge < -0.3 is 4.74 Å². The molecule has 2 amide bonds. The lowest BCUT2D eigenvalue weighted by Crippen LogP contribution is -2.59. The van der Waals surface area contributed by atoms with Crippen LogP contribution in [-0.4, -0.2) is 41.9 Å². The molecule has 1 saturated heterocycles. The molecular weight excluding hydrogens is 275 g/mol. The molecule has 1 aromatic carbocycles. The van der Waals surface area contributed by atoms with Crippen molar-refractivity contribution in [2.75, 3.05) is 13.1 Å². The number of carbonyl (C=O) groups excluding carboxylic acids is 2. The lowest BCUT2D eigenvalue weighted by Gasteiger charge is -2.32. The number of nitrogens with zero attached hydrogens (tertiary/aromatic N) is 1. The lowest BCUT2D eigenvalue weighted by atomic mass is 10.1. The van der Waals surface area contributed by atoms with E-state index in [4.69, 9.17) is 4.74 Å². The highest BCUT2D eigenvalue weighted by molar-refractivity contribution is 6.01. The lowest BCUT2D eigenvalue weighted by molar-refractivity contribution is -0.150. The maximum Gasteiger partial charge on any atom is 0.246 e. The highest BCUT2D eigenvalue weighted by Gasteiger charge is 2.36. The Kier molecular flexibility index (Phi) is 3.63. The fourth-order valence-corrected chi connectivity index (χ4v) is 2.81. The number of hydrogen-bond acceptors (Lipinski definition) is 4. The topological polar surface area (TPSA) is 58.6 Å². The van der Waals surface area contributed by atoms with Gasteiger partial charge in [0.15, 0.2) is 0 Å². The van der Waals surface area contributed by atoms with Gasteiger partial charge in [0.2, 0.25) is 11.8 Å². The van der Waals surface area contributed by atoms with Crippen LogP contribution in [-0.2, 0) is 16.0 Å². The van der Waals surface area contributed by atoms with Crippen molar-refractivity contribution < 1.29 is 18.7 Å². The third-order valence-corrected chi connectivity index (χ3v) is 3.92. The molecule has 2 atom stereocenters. The van der Waals surface area contributed by atoms with Crippen LogP contribution in [0.5, 0.6) is 5.75 Å². The largest absolute Gasteiger partial charge is 0.488 e. The first-order valence-electron chi connectivity index (χ1n) is 7.11. The number of carbonyl (C=O) groups is 2. The van der Waals surface area contributed by atoms with Crippen LogP contribution in [0.4, 0.5) is 4.39 Å². The van der Waals surface area contributed by atoms with Crippen LogP contribution in [0, 0.1) is 5.82 Å². The summed E-state index contributed by atoms with van der Waals surface area (Å²) in [5.74, 6) is -0.128. The van der Waals surface area contributed by atoms with Crippen molar-refractivity contribution in [1.29, 1.82) is 0 Å². The van der Waals surface area contributed by atoms with Crippen LogP contribution in [0.2, 0.25) is 0 Å². The Morgan fingerprint density at radius 3 is 3.00 bits per heavy atom. The third-order valence-electron chi connectivity index (χ3n) is 3.92. The van der Waals surface area contributed by atoms with E-state index >= 15 is 0 Å². The van der Waals surface area contributed by atoms with Crippen LogP contribution in [0.3, 0.4) is 0 Å². The number of benzene rings is 1. The number of amides is 2. The van der Waals surface area contributed by atoms with Crippen LogP contribution in [0.15, 0.2) is 18.2 Å². The van der Waals surface area contributed by atoms with Crippen molar-refractivity contribution in [3.8, 4) is 5.75 Å². The average molecular weight is 292 g/mol. The number of hydrogen-bond donors (Lipinski definition) is 1. The Bertz CT molecular complexity index is 590. The molecule has 0 bridgehead atoms. The zero-order valence-corrected chi connectivity index (χ0v) is 11.8. The average Bonchev–Trinajstić information content (AvgIpc) is 2.85. The van der Waals surface area contributed by atoms with E-state index in [-0.39, 0.29) is 42.9 Å². The van der Waals surface area contributed by atoms with E-state index < -0.39 is 0 Å². The minimum atomic E-state index is -0.316. The number of halogens is 1. The van der Waals surface area contributed by atoms with Gasteiger partial charge in [0.1, 0.15) is 17.7 Å². The molecule has 0 saturated carbocycles. The van der Waals surface area contributed by atoms with Crippen molar-refractivity contribution >= 4 is 11.8 Å². The van der Waals surface area contributed by atoms with Gasteiger partial charge in [-0.25, -0.2) is 4.39 Å². The van der Waals surface area contributed by atoms with Gasteiger partial charge in [-0.1, -0.05) is 6.92 Å². The molecule has 0 spiro atoms. The number of imide groups is 1. The van der Waals surface area contributed by atoms with Crippen LogP contribution in [0.25, 0.3) is 0 Å². The van der Waals surface area contributed by atoms with Gasteiger partial charge >= 0.3 is 0 Å². The van der Waals surface area contributed by atoms with Crippen molar-refractivity contribution in [1.82, 2.24) is 10.2 Å². The fourth-order valence-electron chi connectivity index (χ4n) is 2.81. The van der Waals surface area contributed by atoms with Gasteiger partial charge in [-0.15, -0.1) is 0 Å². The third kappa shape index (κ3) is 2.63. The van der Waals surface area contributed by atoms with E-state index in [1.165, 1.54) is 17.0 Å². The summed E-state index contributed by atoms with van der Waals surface area (Å²) < 4.78 is 18.9. The summed E-state index contributed by atoms with van der Waals surface area (Å²) in [7, 11) is 0. The number of rotatable bonds is 3. The normalized spacial score (nSPS) is 25.0. The number of fused-ring (bicyclic) bond motifs is 1. The molecule has 1 aromatic rings. The zero-order chi connectivity index (χ0) is 15.0. The first-order valence-corrected chi connectivity index (χ1v) is 7.11. The summed E-state index contributed by atoms with van der Waals surface area (Å²) in [6.45, 7) is 2.28. The molecule has 2 aliphatic rings. The van der Waals surface area contributed by atoms with Gasteiger partial charge in [0.05, 0.1) is 19.1 Å². The molecule has 1 N–H and O–H groups in total. The molecule has 2 aliphatic heterocycles. The molecule has 0 aromatic heterocycles. The van der Waals surface area contributed by atoms with Crippen molar-refractivity contribution in [2.24, 2.45) is 0 Å². The SMILES string of the molecule is CCC1NCC(=O)N(CC2Cc3cc(F)ccc3O2)C1=O. The molecule has 1 fully saturated rings. The molecule has 6 heteroatoms. The zero-order valence-electron chi connectivity index (χ0n) is 11.8. The Balaban J connectivity index is 1.70. The van der Waals surface area contributed by atoms with Gasteiger partial charge in [0, 0.05) is 12.0 Å². The summed E-state index contributed by atoms with van der Waals surface area (Å²) in [4.78, 5) is 25.4. The molecule has 112 valence electrons. The maximum atomic E-state index is 13.2. The summed E-state index contributed by atoms with van der Waals surface area (Å²) in [5.41, 5.74) is 0.780. The maximum absolute atomic E-state index is 13.2. The van der Waals surface area contributed by atoms with Gasteiger partial charge in [-0.3, -0.25) is 19.8 Å². The Morgan fingerprint density at radius 1 is 1.43 bits per heavy atom. The van der Waals surface area contributed by atoms with E-state index in [2.05, 4.69) is 5.32 Å². The Labute approximate surface area is 122 Å². The summed E-state index contributed by atoms with van der Waals surface area (Å²) >= 11 is 0. The van der Waals surface area contributed by atoms with Crippen LogP contribution < -0.4 is 10.1 Å². The molecule has 2 heterocycles. The first kappa shape index (κ1) is 14.0. The summed E-state index contributed by atoms with van der Waals surface area (Å²) in [6, 6.07) is 4.05. The van der Waals surface area contributed by atoms with Crippen LogP contribution >= 0.6 is 0 Å². The Morgan fingerprint density at radius 2 is 2.24 bits per heavy atom.